The largest absolute Gasteiger partial charge is 0.326 e. The maximum Gasteiger partial charge on any atom is 0.326 e. The fourth-order valence-corrected chi connectivity index (χ4v) is 1.75. The zero-order valence-electron chi connectivity index (χ0n) is 7.88. The Kier molecular flexibility index (Phi) is 2.33. The second-order valence-corrected chi connectivity index (χ2v) is 3.67. The van der Waals surface area contributed by atoms with Crippen molar-refractivity contribution in [3.8, 4) is 0 Å². The molecule has 0 spiro atoms. The van der Waals surface area contributed by atoms with Gasteiger partial charge in [0.2, 0.25) is 0 Å². The molecule has 4 heteroatoms. The average Bonchev–Trinajstić information content (AvgIpc) is 2.43. The number of halogens is 1. The Balaban J connectivity index is 2.71. The summed E-state index contributed by atoms with van der Waals surface area (Å²) in [6.45, 7) is 2.54. The zero-order valence-corrected chi connectivity index (χ0v) is 8.64. The predicted molar refractivity (Wildman–Crippen MR) is 58.0 cm³/mol. The minimum atomic E-state index is -0.0914. The number of aromatic nitrogens is 2. The van der Waals surface area contributed by atoms with E-state index in [1.54, 1.807) is 4.57 Å². The van der Waals surface area contributed by atoms with Gasteiger partial charge in [0.25, 0.3) is 0 Å². The number of fused-ring (bicyclic) bond motifs is 1. The summed E-state index contributed by atoms with van der Waals surface area (Å²) >= 11 is 5.62. The third-order valence-corrected chi connectivity index (χ3v) is 2.41. The van der Waals surface area contributed by atoms with Gasteiger partial charge in [0.15, 0.2) is 0 Å². The lowest BCUT2D eigenvalue weighted by Gasteiger charge is -1.99. The van der Waals surface area contributed by atoms with Crippen LogP contribution in [0.4, 0.5) is 0 Å². The summed E-state index contributed by atoms with van der Waals surface area (Å²) in [7, 11) is 0. The van der Waals surface area contributed by atoms with Crippen molar-refractivity contribution in [1.29, 1.82) is 0 Å². The van der Waals surface area contributed by atoms with Gasteiger partial charge in [0.05, 0.1) is 11.0 Å². The van der Waals surface area contributed by atoms with Gasteiger partial charge in [0, 0.05) is 12.4 Å². The van der Waals surface area contributed by atoms with Crippen LogP contribution in [0.5, 0.6) is 0 Å². The van der Waals surface area contributed by atoms with E-state index in [1.165, 1.54) is 0 Å². The topological polar surface area (TPSA) is 37.8 Å². The van der Waals surface area contributed by atoms with Crippen molar-refractivity contribution in [2.24, 2.45) is 0 Å². The van der Waals surface area contributed by atoms with E-state index in [1.807, 2.05) is 25.1 Å². The van der Waals surface area contributed by atoms with Gasteiger partial charge in [-0.1, -0.05) is 6.07 Å². The molecule has 0 saturated heterocycles. The van der Waals surface area contributed by atoms with Gasteiger partial charge in [-0.15, -0.1) is 11.6 Å². The van der Waals surface area contributed by atoms with Gasteiger partial charge in [-0.05, 0) is 24.6 Å². The Morgan fingerprint density at radius 1 is 1.50 bits per heavy atom. The number of aromatic amines is 1. The first-order valence-corrected chi connectivity index (χ1v) is 5.01. The Hall–Kier alpha value is -1.22. The quantitative estimate of drug-likeness (QED) is 0.756. The molecule has 2 aromatic rings. The van der Waals surface area contributed by atoms with Gasteiger partial charge >= 0.3 is 5.69 Å². The molecule has 0 aliphatic heterocycles. The van der Waals surface area contributed by atoms with Crippen molar-refractivity contribution >= 4 is 22.6 Å². The zero-order chi connectivity index (χ0) is 10.1. The number of nitrogens with zero attached hydrogens (tertiary/aromatic N) is 1. The third kappa shape index (κ3) is 1.44. The summed E-state index contributed by atoms with van der Waals surface area (Å²) in [4.78, 5) is 14.3. The van der Waals surface area contributed by atoms with Gasteiger partial charge in [0.1, 0.15) is 0 Å². The maximum absolute atomic E-state index is 11.5. The highest BCUT2D eigenvalue weighted by Gasteiger charge is 2.04. The lowest BCUT2D eigenvalue weighted by atomic mass is 10.2. The van der Waals surface area contributed by atoms with Crippen molar-refractivity contribution in [1.82, 2.24) is 9.55 Å². The number of nitrogens with one attached hydrogen (secondary N) is 1. The number of aryl methyl sites for hydroxylation is 2. The van der Waals surface area contributed by atoms with Crippen molar-refractivity contribution in [3.63, 3.8) is 0 Å². The molecule has 0 unspecified atom stereocenters. The highest BCUT2D eigenvalue weighted by Crippen LogP contribution is 2.11. The molecule has 1 heterocycles. The van der Waals surface area contributed by atoms with E-state index in [9.17, 15) is 4.79 Å². The normalized spacial score (nSPS) is 11.0. The molecule has 3 nitrogen and oxygen atoms in total. The lowest BCUT2D eigenvalue weighted by molar-refractivity contribution is 0.759. The molecule has 0 aliphatic rings. The molecule has 0 saturated carbocycles. The van der Waals surface area contributed by atoms with Gasteiger partial charge in [-0.25, -0.2) is 4.79 Å². The summed E-state index contributed by atoms with van der Waals surface area (Å²) < 4.78 is 1.65. The standard InChI is InChI=1S/C10H11ClN2O/c1-7-2-3-9-8(6-7)12-10(14)13(9)5-4-11/h2-3,6H,4-5H2,1H3,(H,12,14). The molecule has 0 aliphatic carbocycles. The van der Waals surface area contributed by atoms with Crippen LogP contribution in [-0.4, -0.2) is 15.4 Å². The van der Waals surface area contributed by atoms with E-state index < -0.39 is 0 Å². The number of imidazole rings is 1. The fourth-order valence-electron chi connectivity index (χ4n) is 1.58. The Bertz CT molecular complexity index is 512. The number of alkyl halides is 1. The van der Waals surface area contributed by atoms with E-state index in [-0.39, 0.29) is 5.69 Å². The van der Waals surface area contributed by atoms with Gasteiger partial charge in [-0.2, -0.15) is 0 Å². The van der Waals surface area contributed by atoms with Crippen LogP contribution in [-0.2, 0) is 6.54 Å². The smallest absolute Gasteiger partial charge is 0.306 e. The molecule has 74 valence electrons. The van der Waals surface area contributed by atoms with Crippen molar-refractivity contribution < 1.29 is 0 Å². The van der Waals surface area contributed by atoms with E-state index in [4.69, 9.17) is 11.6 Å². The van der Waals surface area contributed by atoms with Crippen LogP contribution in [0.1, 0.15) is 5.56 Å². The number of benzene rings is 1. The fraction of sp³-hybridized carbons (Fsp3) is 0.300. The maximum atomic E-state index is 11.5. The molecular formula is C10H11ClN2O. The van der Waals surface area contributed by atoms with Crippen LogP contribution < -0.4 is 5.69 Å². The molecule has 14 heavy (non-hydrogen) atoms. The second-order valence-electron chi connectivity index (χ2n) is 3.29. The first-order chi connectivity index (χ1) is 6.72. The van der Waals surface area contributed by atoms with Crippen molar-refractivity contribution in [3.05, 3.63) is 34.2 Å². The first kappa shape index (κ1) is 9.34. The van der Waals surface area contributed by atoms with Crippen LogP contribution in [0.15, 0.2) is 23.0 Å². The minimum Gasteiger partial charge on any atom is -0.306 e. The monoisotopic (exact) mass is 210 g/mol. The second kappa shape index (κ2) is 3.50. The van der Waals surface area contributed by atoms with Crippen molar-refractivity contribution in [2.75, 3.05) is 5.88 Å². The summed E-state index contributed by atoms with van der Waals surface area (Å²) in [5, 5.41) is 0. The predicted octanol–water partition coefficient (Wildman–Crippen LogP) is 1.88. The number of hydrogen-bond donors (Lipinski definition) is 1. The Morgan fingerprint density at radius 2 is 2.29 bits per heavy atom. The highest BCUT2D eigenvalue weighted by atomic mass is 35.5. The summed E-state index contributed by atoms with van der Waals surface area (Å²) in [6.07, 6.45) is 0. The van der Waals surface area contributed by atoms with Crippen LogP contribution in [0.25, 0.3) is 11.0 Å². The summed E-state index contributed by atoms with van der Waals surface area (Å²) in [5.74, 6) is 0.445. The van der Waals surface area contributed by atoms with Gasteiger partial charge in [-0.3, -0.25) is 4.57 Å². The molecule has 1 N–H and O–H groups in total. The first-order valence-electron chi connectivity index (χ1n) is 4.47. The lowest BCUT2D eigenvalue weighted by Crippen LogP contribution is -2.17. The van der Waals surface area contributed by atoms with Gasteiger partial charge < -0.3 is 4.98 Å². The molecule has 0 radical (unpaired) electrons. The average molecular weight is 211 g/mol. The molecule has 0 atom stereocenters. The number of rotatable bonds is 2. The van der Waals surface area contributed by atoms with Crippen LogP contribution in [0, 0.1) is 6.92 Å². The van der Waals surface area contributed by atoms with E-state index >= 15 is 0 Å². The number of H-pyrrole nitrogens is 1. The summed E-state index contributed by atoms with van der Waals surface area (Å²) in [5.41, 5.74) is 2.84. The molecular weight excluding hydrogens is 200 g/mol. The summed E-state index contributed by atoms with van der Waals surface area (Å²) in [6, 6.07) is 5.89. The molecule has 0 amide bonds. The SMILES string of the molecule is Cc1ccc2c(c1)[nH]c(=O)n2CCCl. The third-order valence-electron chi connectivity index (χ3n) is 2.24. The molecule has 1 aromatic carbocycles. The molecule has 0 fully saturated rings. The molecule has 1 aromatic heterocycles. The minimum absolute atomic E-state index is 0.0914. The van der Waals surface area contributed by atoms with E-state index in [2.05, 4.69) is 4.98 Å². The van der Waals surface area contributed by atoms with Crippen LogP contribution >= 0.6 is 11.6 Å². The number of hydrogen-bond acceptors (Lipinski definition) is 1. The van der Waals surface area contributed by atoms with Crippen molar-refractivity contribution in [2.45, 2.75) is 13.5 Å². The highest BCUT2D eigenvalue weighted by molar-refractivity contribution is 6.17. The van der Waals surface area contributed by atoms with Crippen LogP contribution in [0.2, 0.25) is 0 Å². The van der Waals surface area contributed by atoms with Crippen LogP contribution in [0.3, 0.4) is 0 Å². The Labute approximate surface area is 86.3 Å². The van der Waals surface area contributed by atoms with E-state index in [0.717, 1.165) is 16.6 Å². The molecule has 2 rings (SSSR count). The van der Waals surface area contributed by atoms with E-state index in [0.29, 0.717) is 12.4 Å². The molecule has 0 bridgehead atoms. The Morgan fingerprint density at radius 3 is 3.00 bits per heavy atom.